The Morgan fingerprint density at radius 1 is 1.10 bits per heavy atom. The lowest BCUT2D eigenvalue weighted by molar-refractivity contribution is 0.101. The van der Waals surface area contributed by atoms with Gasteiger partial charge in [-0.1, -0.05) is 48.0 Å². The molecule has 156 valence electrons. The molecule has 0 saturated heterocycles. The molecular formula is C26H23FN2O2. The summed E-state index contributed by atoms with van der Waals surface area (Å²) in [6.45, 7) is 6.39. The van der Waals surface area contributed by atoms with Gasteiger partial charge in [0.1, 0.15) is 23.9 Å². The molecule has 1 N–H and O–H groups in total. The van der Waals surface area contributed by atoms with Gasteiger partial charge in [-0.3, -0.25) is 4.79 Å². The molecule has 0 radical (unpaired) electrons. The van der Waals surface area contributed by atoms with Gasteiger partial charge in [-0.15, -0.1) is 6.58 Å². The lowest BCUT2D eigenvalue weighted by Gasteiger charge is -2.10. The lowest BCUT2D eigenvalue weighted by Crippen LogP contribution is -2.16. The van der Waals surface area contributed by atoms with Crippen molar-refractivity contribution in [2.24, 2.45) is 0 Å². The maximum atomic E-state index is 14.0. The second-order valence-electron chi connectivity index (χ2n) is 7.32. The van der Waals surface area contributed by atoms with Crippen LogP contribution in [0.3, 0.4) is 0 Å². The van der Waals surface area contributed by atoms with Crippen molar-refractivity contribution in [3.05, 3.63) is 108 Å². The monoisotopic (exact) mass is 414 g/mol. The fourth-order valence-corrected chi connectivity index (χ4v) is 3.50. The third-order valence-electron chi connectivity index (χ3n) is 5.10. The summed E-state index contributed by atoms with van der Waals surface area (Å²) in [5, 5.41) is 3.73. The number of carbonyl (C=O) groups is 1. The summed E-state index contributed by atoms with van der Waals surface area (Å²) in [4.78, 5) is 13.0. The summed E-state index contributed by atoms with van der Waals surface area (Å²) in [7, 11) is 0. The van der Waals surface area contributed by atoms with Crippen molar-refractivity contribution in [2.45, 2.75) is 20.1 Å². The van der Waals surface area contributed by atoms with Gasteiger partial charge in [0.05, 0.1) is 5.52 Å². The predicted octanol–water partition coefficient (Wildman–Crippen LogP) is 6.11. The van der Waals surface area contributed by atoms with Gasteiger partial charge in [0.25, 0.3) is 5.91 Å². The molecular weight excluding hydrogens is 391 g/mol. The van der Waals surface area contributed by atoms with E-state index < -0.39 is 0 Å². The van der Waals surface area contributed by atoms with Crippen LogP contribution in [0.4, 0.5) is 10.1 Å². The molecule has 3 aromatic carbocycles. The van der Waals surface area contributed by atoms with Crippen molar-refractivity contribution >= 4 is 22.5 Å². The zero-order valence-corrected chi connectivity index (χ0v) is 17.3. The summed E-state index contributed by atoms with van der Waals surface area (Å²) in [6.07, 6.45) is 1.75. The van der Waals surface area contributed by atoms with Gasteiger partial charge >= 0.3 is 0 Å². The highest BCUT2D eigenvalue weighted by Gasteiger charge is 2.18. The van der Waals surface area contributed by atoms with Crippen LogP contribution >= 0.6 is 0 Å². The maximum absolute atomic E-state index is 14.0. The van der Waals surface area contributed by atoms with E-state index in [2.05, 4.69) is 11.9 Å². The predicted molar refractivity (Wildman–Crippen MR) is 122 cm³/mol. The van der Waals surface area contributed by atoms with Crippen LogP contribution in [0.15, 0.2) is 85.5 Å². The van der Waals surface area contributed by atoms with E-state index in [1.54, 1.807) is 30.3 Å². The Kier molecular flexibility index (Phi) is 5.85. The largest absolute Gasteiger partial charge is 0.488 e. The minimum Gasteiger partial charge on any atom is -0.488 e. The number of nitrogens with one attached hydrogen (secondary N) is 1. The molecule has 1 amide bonds. The molecule has 0 fully saturated rings. The topological polar surface area (TPSA) is 43.3 Å². The second-order valence-corrected chi connectivity index (χ2v) is 7.32. The van der Waals surface area contributed by atoms with Crippen molar-refractivity contribution in [2.75, 3.05) is 5.32 Å². The molecule has 0 unspecified atom stereocenters. The number of allylic oxidation sites excluding steroid dienone is 1. The van der Waals surface area contributed by atoms with E-state index in [-0.39, 0.29) is 18.3 Å². The number of carbonyl (C=O) groups excluding carboxylic acids is 1. The van der Waals surface area contributed by atoms with Gasteiger partial charge in [-0.25, -0.2) is 4.39 Å². The molecule has 0 aliphatic rings. The van der Waals surface area contributed by atoms with Crippen LogP contribution in [0.25, 0.3) is 10.9 Å². The van der Waals surface area contributed by atoms with Gasteiger partial charge < -0.3 is 14.6 Å². The van der Waals surface area contributed by atoms with E-state index in [1.807, 2.05) is 54.0 Å². The highest BCUT2D eigenvalue weighted by molar-refractivity contribution is 6.07. The summed E-state index contributed by atoms with van der Waals surface area (Å²) in [5.74, 6) is 0.0620. The minimum atomic E-state index is -0.308. The quantitative estimate of drug-likeness (QED) is 0.371. The van der Waals surface area contributed by atoms with E-state index in [1.165, 1.54) is 6.07 Å². The van der Waals surface area contributed by atoms with Gasteiger partial charge in [0, 0.05) is 23.2 Å². The van der Waals surface area contributed by atoms with E-state index in [9.17, 15) is 9.18 Å². The van der Waals surface area contributed by atoms with Crippen molar-refractivity contribution in [1.82, 2.24) is 4.57 Å². The summed E-state index contributed by atoms with van der Waals surface area (Å²) < 4.78 is 21.8. The number of fused-ring (bicyclic) bond motifs is 1. The normalized spacial score (nSPS) is 10.8. The average Bonchev–Trinajstić information content (AvgIpc) is 3.14. The smallest absolute Gasteiger partial charge is 0.272 e. The molecule has 5 heteroatoms. The Morgan fingerprint density at radius 2 is 1.87 bits per heavy atom. The van der Waals surface area contributed by atoms with E-state index in [4.69, 9.17) is 4.74 Å². The molecule has 4 nitrogen and oxygen atoms in total. The first-order chi connectivity index (χ1) is 15.1. The number of hydrogen-bond donors (Lipinski definition) is 1. The number of rotatable bonds is 7. The number of hydrogen-bond acceptors (Lipinski definition) is 2. The molecule has 0 atom stereocenters. The highest BCUT2D eigenvalue weighted by atomic mass is 19.1. The zero-order chi connectivity index (χ0) is 21.8. The molecule has 4 aromatic rings. The van der Waals surface area contributed by atoms with Crippen molar-refractivity contribution < 1.29 is 13.9 Å². The second kappa shape index (κ2) is 8.88. The molecule has 4 rings (SSSR count). The Morgan fingerprint density at radius 3 is 2.61 bits per heavy atom. The van der Waals surface area contributed by atoms with Crippen LogP contribution in [-0.2, 0) is 13.2 Å². The standard InChI is InChI=1S/C26H23FN2O2/c1-3-15-29-23-9-6-10-25(31-17-19-7-4-5-8-22(19)27)21(23)16-24(29)26(30)28-20-13-11-18(2)12-14-20/h3-14,16H,1,15,17H2,2H3,(H,28,30). The van der Waals surface area contributed by atoms with Crippen LogP contribution in [0.1, 0.15) is 21.6 Å². The summed E-state index contributed by atoms with van der Waals surface area (Å²) in [6, 6.07) is 21.6. The van der Waals surface area contributed by atoms with Gasteiger partial charge in [-0.2, -0.15) is 0 Å². The van der Waals surface area contributed by atoms with Gasteiger partial charge in [-0.05, 0) is 43.3 Å². The first-order valence-corrected chi connectivity index (χ1v) is 10.0. The van der Waals surface area contributed by atoms with Crippen molar-refractivity contribution in [3.63, 3.8) is 0 Å². The minimum absolute atomic E-state index is 0.101. The SMILES string of the molecule is C=CCn1c(C(=O)Nc2ccc(C)cc2)cc2c(OCc3ccccc3F)cccc21. The fourth-order valence-electron chi connectivity index (χ4n) is 3.50. The average molecular weight is 414 g/mol. The number of ether oxygens (including phenoxy) is 1. The molecule has 31 heavy (non-hydrogen) atoms. The number of anilines is 1. The molecule has 0 saturated carbocycles. The molecule has 1 heterocycles. The summed E-state index contributed by atoms with van der Waals surface area (Å²) in [5.41, 5.74) is 3.66. The Balaban J connectivity index is 1.67. The van der Waals surface area contributed by atoms with Gasteiger partial charge in [0.15, 0.2) is 0 Å². The third kappa shape index (κ3) is 4.36. The zero-order valence-electron chi connectivity index (χ0n) is 17.3. The first-order valence-electron chi connectivity index (χ1n) is 10.0. The number of aryl methyl sites for hydroxylation is 1. The Labute approximate surface area is 180 Å². The molecule has 0 aliphatic carbocycles. The van der Waals surface area contributed by atoms with E-state index in [0.29, 0.717) is 23.6 Å². The Bertz CT molecular complexity index is 1240. The highest BCUT2D eigenvalue weighted by Crippen LogP contribution is 2.30. The lowest BCUT2D eigenvalue weighted by atomic mass is 10.2. The molecule has 0 bridgehead atoms. The van der Waals surface area contributed by atoms with Gasteiger partial charge in [0.2, 0.25) is 0 Å². The van der Waals surface area contributed by atoms with Crippen molar-refractivity contribution in [3.8, 4) is 5.75 Å². The van der Waals surface area contributed by atoms with Crippen LogP contribution < -0.4 is 10.1 Å². The molecule has 1 aromatic heterocycles. The molecule has 0 aliphatic heterocycles. The molecule has 0 spiro atoms. The number of nitrogens with zero attached hydrogens (tertiary/aromatic N) is 1. The van der Waals surface area contributed by atoms with E-state index in [0.717, 1.165) is 22.2 Å². The number of amides is 1. The maximum Gasteiger partial charge on any atom is 0.272 e. The Hall–Kier alpha value is -3.86. The van der Waals surface area contributed by atoms with Crippen molar-refractivity contribution in [1.29, 1.82) is 0 Å². The van der Waals surface area contributed by atoms with E-state index >= 15 is 0 Å². The van der Waals surface area contributed by atoms with Crippen LogP contribution in [0, 0.1) is 12.7 Å². The summed E-state index contributed by atoms with van der Waals surface area (Å²) >= 11 is 0. The van der Waals surface area contributed by atoms with Crippen LogP contribution in [0.2, 0.25) is 0 Å². The number of aromatic nitrogens is 1. The number of halogens is 1. The first kappa shape index (κ1) is 20.4. The van der Waals surface area contributed by atoms with Crippen LogP contribution in [0.5, 0.6) is 5.75 Å². The fraction of sp³-hybridized carbons (Fsp3) is 0.115. The third-order valence-corrected chi connectivity index (χ3v) is 5.10. The number of benzene rings is 3. The van der Waals surface area contributed by atoms with Crippen LogP contribution in [-0.4, -0.2) is 10.5 Å².